The van der Waals surface area contributed by atoms with Gasteiger partial charge >= 0.3 is 0 Å². The molecule has 29 heavy (non-hydrogen) atoms. The molecule has 2 aromatic rings. The van der Waals surface area contributed by atoms with E-state index >= 15 is 0 Å². The molecule has 150 valence electrons. The fourth-order valence-corrected chi connectivity index (χ4v) is 5.46. The van der Waals surface area contributed by atoms with E-state index in [0.717, 1.165) is 36.9 Å². The Kier molecular flexibility index (Phi) is 4.63. The molecular formula is C24H26N2O3. The minimum absolute atomic E-state index is 0.0136. The van der Waals surface area contributed by atoms with E-state index in [1.807, 2.05) is 64.4 Å². The van der Waals surface area contributed by atoms with Crippen molar-refractivity contribution >= 4 is 17.5 Å². The third-order valence-corrected chi connectivity index (χ3v) is 6.74. The number of fused-ring (bicyclic) bond motifs is 1. The summed E-state index contributed by atoms with van der Waals surface area (Å²) in [5, 5.41) is 0. The number of hydrogen-bond donors (Lipinski definition) is 0. The van der Waals surface area contributed by atoms with Crippen LogP contribution in [0.25, 0.3) is 0 Å². The summed E-state index contributed by atoms with van der Waals surface area (Å²) in [6.07, 6.45) is 3.77. The summed E-state index contributed by atoms with van der Waals surface area (Å²) in [5.41, 5.74) is 1.93. The molecule has 1 aliphatic carbocycles. The van der Waals surface area contributed by atoms with E-state index in [0.29, 0.717) is 31.9 Å². The second-order valence-electron chi connectivity index (χ2n) is 8.24. The van der Waals surface area contributed by atoms with Gasteiger partial charge in [-0.3, -0.25) is 9.59 Å². The lowest BCUT2D eigenvalue weighted by molar-refractivity contribution is -0.138. The predicted molar refractivity (Wildman–Crippen MR) is 111 cm³/mol. The third kappa shape index (κ3) is 2.87. The van der Waals surface area contributed by atoms with Crippen LogP contribution in [0.3, 0.4) is 0 Å². The number of rotatable bonds is 2. The number of amides is 2. The van der Waals surface area contributed by atoms with Crippen LogP contribution < -0.4 is 4.90 Å². The molecule has 2 aromatic carbocycles. The van der Waals surface area contributed by atoms with Crippen molar-refractivity contribution in [2.24, 2.45) is 0 Å². The highest BCUT2D eigenvalue weighted by Gasteiger charge is 2.56. The molecule has 2 heterocycles. The van der Waals surface area contributed by atoms with Crippen LogP contribution in [0.4, 0.5) is 5.69 Å². The quantitative estimate of drug-likeness (QED) is 0.787. The molecule has 1 spiro atoms. The number of nitrogens with zero attached hydrogens (tertiary/aromatic N) is 2. The minimum Gasteiger partial charge on any atom is -0.378 e. The molecule has 0 bridgehead atoms. The van der Waals surface area contributed by atoms with Gasteiger partial charge in [-0.2, -0.15) is 0 Å². The Bertz CT molecular complexity index is 915. The first-order valence-electron chi connectivity index (χ1n) is 10.6. The molecule has 5 heteroatoms. The van der Waals surface area contributed by atoms with Crippen LogP contribution in [-0.4, -0.2) is 48.6 Å². The van der Waals surface area contributed by atoms with Crippen molar-refractivity contribution in [2.75, 3.05) is 31.2 Å². The largest absolute Gasteiger partial charge is 0.378 e. The van der Waals surface area contributed by atoms with Crippen molar-refractivity contribution in [3.63, 3.8) is 0 Å². The molecule has 3 aliphatic rings. The van der Waals surface area contributed by atoms with Crippen LogP contribution in [0.15, 0.2) is 54.6 Å². The Morgan fingerprint density at radius 2 is 1.59 bits per heavy atom. The maximum absolute atomic E-state index is 13.9. The van der Waals surface area contributed by atoms with Gasteiger partial charge in [0.05, 0.1) is 24.7 Å². The van der Waals surface area contributed by atoms with Crippen LogP contribution in [0.1, 0.15) is 47.5 Å². The van der Waals surface area contributed by atoms with Crippen molar-refractivity contribution in [3.05, 3.63) is 65.7 Å². The first kappa shape index (κ1) is 18.4. The van der Waals surface area contributed by atoms with Crippen molar-refractivity contribution in [3.8, 4) is 0 Å². The standard InChI is InChI=1S/C24H26N2O3/c27-22-20-11-5-4-10-19(20)21(23(28)25-14-16-29-17-15-25)24(12-6-7-13-24)26(22)18-8-2-1-3-9-18/h1-5,8-11,21H,6-7,12-17H2/t21-/m1/s1. The van der Waals surface area contributed by atoms with Gasteiger partial charge in [-0.1, -0.05) is 49.2 Å². The molecule has 2 aliphatic heterocycles. The van der Waals surface area contributed by atoms with Gasteiger partial charge in [-0.25, -0.2) is 0 Å². The number of benzene rings is 2. The molecule has 1 saturated carbocycles. The summed E-state index contributed by atoms with van der Waals surface area (Å²) in [4.78, 5) is 31.5. The van der Waals surface area contributed by atoms with Crippen molar-refractivity contribution < 1.29 is 14.3 Å². The second kappa shape index (κ2) is 7.30. The molecule has 5 nitrogen and oxygen atoms in total. The van der Waals surface area contributed by atoms with Crippen LogP contribution in [0.2, 0.25) is 0 Å². The zero-order chi connectivity index (χ0) is 19.8. The van der Waals surface area contributed by atoms with Gasteiger partial charge in [0.1, 0.15) is 0 Å². The molecule has 0 radical (unpaired) electrons. The van der Waals surface area contributed by atoms with E-state index in [4.69, 9.17) is 4.74 Å². The van der Waals surface area contributed by atoms with Gasteiger partial charge in [-0.05, 0) is 36.6 Å². The first-order valence-corrected chi connectivity index (χ1v) is 10.6. The van der Waals surface area contributed by atoms with Crippen molar-refractivity contribution in [1.29, 1.82) is 0 Å². The van der Waals surface area contributed by atoms with Gasteiger partial charge in [0.15, 0.2) is 0 Å². The molecular weight excluding hydrogens is 364 g/mol. The van der Waals surface area contributed by atoms with Gasteiger partial charge in [0, 0.05) is 24.3 Å². The third-order valence-electron chi connectivity index (χ3n) is 6.74. The Hall–Kier alpha value is -2.66. The first-order chi connectivity index (χ1) is 14.2. The number of hydrogen-bond acceptors (Lipinski definition) is 3. The van der Waals surface area contributed by atoms with Gasteiger partial charge < -0.3 is 14.5 Å². The van der Waals surface area contributed by atoms with E-state index in [1.54, 1.807) is 0 Å². The highest BCUT2D eigenvalue weighted by Crippen LogP contribution is 2.52. The summed E-state index contributed by atoms with van der Waals surface area (Å²) in [7, 11) is 0. The van der Waals surface area contributed by atoms with Crippen molar-refractivity contribution in [1.82, 2.24) is 4.90 Å². The van der Waals surface area contributed by atoms with Crippen molar-refractivity contribution in [2.45, 2.75) is 37.1 Å². The number of anilines is 1. The second-order valence-corrected chi connectivity index (χ2v) is 8.24. The number of carbonyl (C=O) groups is 2. The highest BCUT2D eigenvalue weighted by molar-refractivity contribution is 6.12. The number of morpholine rings is 1. The molecule has 0 unspecified atom stereocenters. The summed E-state index contributed by atoms with van der Waals surface area (Å²) in [6.45, 7) is 2.39. The van der Waals surface area contributed by atoms with E-state index in [9.17, 15) is 9.59 Å². The van der Waals surface area contributed by atoms with Gasteiger partial charge in [0.25, 0.3) is 5.91 Å². The topological polar surface area (TPSA) is 49.9 Å². The zero-order valence-electron chi connectivity index (χ0n) is 16.5. The number of ether oxygens (including phenoxy) is 1. The molecule has 1 atom stereocenters. The average molecular weight is 390 g/mol. The van der Waals surface area contributed by atoms with Gasteiger partial charge in [0.2, 0.25) is 5.91 Å². The lowest BCUT2D eigenvalue weighted by Crippen LogP contribution is -2.62. The molecule has 2 fully saturated rings. The van der Waals surface area contributed by atoms with E-state index in [-0.39, 0.29) is 17.7 Å². The normalized spacial score (nSPS) is 23.3. The van der Waals surface area contributed by atoms with Crippen LogP contribution in [-0.2, 0) is 9.53 Å². The van der Waals surface area contributed by atoms with Crippen LogP contribution in [0, 0.1) is 0 Å². The summed E-state index contributed by atoms with van der Waals surface area (Å²) >= 11 is 0. The monoisotopic (exact) mass is 390 g/mol. The zero-order valence-corrected chi connectivity index (χ0v) is 16.5. The molecule has 1 saturated heterocycles. The molecule has 0 aromatic heterocycles. The number of para-hydroxylation sites is 1. The summed E-state index contributed by atoms with van der Waals surface area (Å²) in [5.74, 6) is -0.187. The SMILES string of the molecule is O=C([C@H]1c2ccccc2C(=O)N(c2ccccc2)C12CCCC2)N1CCOCC1. The summed E-state index contributed by atoms with van der Waals surface area (Å²) in [6, 6.07) is 17.6. The molecule has 0 N–H and O–H groups in total. The fourth-order valence-electron chi connectivity index (χ4n) is 5.46. The van der Waals surface area contributed by atoms with E-state index in [1.165, 1.54) is 0 Å². The number of carbonyl (C=O) groups excluding carboxylic acids is 2. The Balaban J connectivity index is 1.69. The lowest BCUT2D eigenvalue weighted by Gasteiger charge is -2.51. The van der Waals surface area contributed by atoms with E-state index < -0.39 is 5.54 Å². The Morgan fingerprint density at radius 3 is 2.31 bits per heavy atom. The highest BCUT2D eigenvalue weighted by atomic mass is 16.5. The minimum atomic E-state index is -0.498. The average Bonchev–Trinajstić information content (AvgIpc) is 3.24. The fraction of sp³-hybridized carbons (Fsp3) is 0.417. The Morgan fingerprint density at radius 1 is 0.931 bits per heavy atom. The van der Waals surface area contributed by atoms with Gasteiger partial charge in [-0.15, -0.1) is 0 Å². The van der Waals surface area contributed by atoms with E-state index in [2.05, 4.69) is 0 Å². The maximum Gasteiger partial charge on any atom is 0.259 e. The van der Waals surface area contributed by atoms with Crippen LogP contribution in [0.5, 0.6) is 0 Å². The summed E-state index contributed by atoms with van der Waals surface area (Å²) < 4.78 is 5.47. The molecule has 2 amide bonds. The van der Waals surface area contributed by atoms with Crippen LogP contribution >= 0.6 is 0 Å². The predicted octanol–water partition coefficient (Wildman–Crippen LogP) is 3.60. The lowest BCUT2D eigenvalue weighted by atomic mass is 9.70. The Labute approximate surface area is 171 Å². The molecule has 5 rings (SSSR count). The maximum atomic E-state index is 13.9. The smallest absolute Gasteiger partial charge is 0.259 e.